The molecule has 0 aliphatic rings. The number of aromatic nitrogens is 3. The Labute approximate surface area is 105 Å². The predicted octanol–water partition coefficient (Wildman–Crippen LogP) is 1.68. The summed E-state index contributed by atoms with van der Waals surface area (Å²) in [5.41, 5.74) is 0.803. The summed E-state index contributed by atoms with van der Waals surface area (Å²) in [6.45, 7) is 2.41. The van der Waals surface area contributed by atoms with E-state index in [0.29, 0.717) is 18.2 Å². The van der Waals surface area contributed by atoms with Gasteiger partial charge in [-0.2, -0.15) is 0 Å². The van der Waals surface area contributed by atoms with Crippen molar-refractivity contribution in [2.75, 3.05) is 11.9 Å². The molecule has 2 heterocycles. The molecule has 0 saturated carbocycles. The molecule has 0 unspecified atom stereocenters. The fourth-order valence-electron chi connectivity index (χ4n) is 1.38. The number of nitrogens with one attached hydrogen (secondary N) is 2. The molecule has 0 aromatic carbocycles. The minimum atomic E-state index is -0.284. The average molecular weight is 243 g/mol. The lowest BCUT2D eigenvalue weighted by molar-refractivity contribution is 0.252. The zero-order valence-electron chi connectivity index (χ0n) is 9.92. The van der Waals surface area contributed by atoms with Crippen LogP contribution >= 0.6 is 0 Å². The molecule has 0 fully saturated rings. The first-order chi connectivity index (χ1) is 8.79. The van der Waals surface area contributed by atoms with E-state index in [0.717, 1.165) is 5.56 Å². The van der Waals surface area contributed by atoms with Crippen LogP contribution in [-0.2, 0) is 0 Å². The summed E-state index contributed by atoms with van der Waals surface area (Å²) in [6, 6.07) is 5.02. The Morgan fingerprint density at radius 3 is 2.94 bits per heavy atom. The highest BCUT2D eigenvalue weighted by Gasteiger charge is 2.04. The van der Waals surface area contributed by atoms with Gasteiger partial charge in [0.1, 0.15) is 5.82 Å². The van der Waals surface area contributed by atoms with Crippen molar-refractivity contribution in [3.05, 3.63) is 36.8 Å². The van der Waals surface area contributed by atoms with Gasteiger partial charge in [0.2, 0.25) is 0 Å². The van der Waals surface area contributed by atoms with Gasteiger partial charge in [0.05, 0.1) is 0 Å². The first-order valence-corrected chi connectivity index (χ1v) is 5.58. The van der Waals surface area contributed by atoms with Gasteiger partial charge in [-0.3, -0.25) is 10.3 Å². The summed E-state index contributed by atoms with van der Waals surface area (Å²) < 4.78 is 0. The summed E-state index contributed by atoms with van der Waals surface area (Å²) >= 11 is 0. The van der Waals surface area contributed by atoms with Crippen molar-refractivity contribution >= 4 is 11.8 Å². The van der Waals surface area contributed by atoms with Crippen LogP contribution in [0.15, 0.2) is 36.8 Å². The second-order valence-electron chi connectivity index (χ2n) is 3.49. The largest absolute Gasteiger partial charge is 0.338 e. The predicted molar refractivity (Wildman–Crippen MR) is 68.0 cm³/mol. The maximum atomic E-state index is 11.4. The monoisotopic (exact) mass is 243 g/mol. The van der Waals surface area contributed by atoms with Crippen molar-refractivity contribution in [3.8, 4) is 11.4 Å². The lowest BCUT2D eigenvalue weighted by atomic mass is 10.3. The van der Waals surface area contributed by atoms with Gasteiger partial charge >= 0.3 is 6.03 Å². The Balaban J connectivity index is 2.18. The highest BCUT2D eigenvalue weighted by molar-refractivity contribution is 5.88. The standard InChI is InChI=1S/C12H13N5O/c1-2-14-12(18)17-10-5-7-15-11(16-10)9-4-3-6-13-8-9/h3-8H,2H2,1H3,(H2,14,15,16,17,18). The van der Waals surface area contributed by atoms with Crippen molar-refractivity contribution in [2.45, 2.75) is 6.92 Å². The van der Waals surface area contributed by atoms with E-state index < -0.39 is 0 Å². The van der Waals surface area contributed by atoms with E-state index in [1.54, 1.807) is 24.7 Å². The van der Waals surface area contributed by atoms with Crippen LogP contribution in [-0.4, -0.2) is 27.5 Å². The third-order valence-corrected chi connectivity index (χ3v) is 2.15. The fourth-order valence-corrected chi connectivity index (χ4v) is 1.38. The lowest BCUT2D eigenvalue weighted by Crippen LogP contribution is -2.28. The number of anilines is 1. The van der Waals surface area contributed by atoms with Crippen LogP contribution < -0.4 is 10.6 Å². The highest BCUT2D eigenvalue weighted by Crippen LogP contribution is 2.14. The van der Waals surface area contributed by atoms with E-state index in [-0.39, 0.29) is 6.03 Å². The fraction of sp³-hybridized carbons (Fsp3) is 0.167. The van der Waals surface area contributed by atoms with Crippen LogP contribution in [0.4, 0.5) is 10.6 Å². The molecule has 0 bridgehead atoms. The van der Waals surface area contributed by atoms with Gasteiger partial charge in [0.15, 0.2) is 5.82 Å². The molecule has 0 saturated heterocycles. The Morgan fingerprint density at radius 1 is 1.33 bits per heavy atom. The second kappa shape index (κ2) is 5.72. The van der Waals surface area contributed by atoms with E-state index in [4.69, 9.17) is 0 Å². The van der Waals surface area contributed by atoms with Crippen molar-refractivity contribution < 1.29 is 4.79 Å². The van der Waals surface area contributed by atoms with Crippen LogP contribution in [0, 0.1) is 0 Å². The molecule has 0 radical (unpaired) electrons. The summed E-state index contributed by atoms with van der Waals surface area (Å²) in [4.78, 5) is 23.7. The minimum Gasteiger partial charge on any atom is -0.338 e. The van der Waals surface area contributed by atoms with Gasteiger partial charge in [-0.05, 0) is 25.1 Å². The average Bonchev–Trinajstić information content (AvgIpc) is 2.40. The van der Waals surface area contributed by atoms with Gasteiger partial charge in [0, 0.05) is 30.7 Å². The topological polar surface area (TPSA) is 79.8 Å². The second-order valence-corrected chi connectivity index (χ2v) is 3.49. The molecule has 2 amide bonds. The van der Waals surface area contributed by atoms with Gasteiger partial charge in [-0.15, -0.1) is 0 Å². The van der Waals surface area contributed by atoms with Crippen molar-refractivity contribution in [1.82, 2.24) is 20.3 Å². The van der Waals surface area contributed by atoms with Crippen LogP contribution in [0.3, 0.4) is 0 Å². The molecule has 2 aromatic rings. The Bertz CT molecular complexity index is 529. The van der Waals surface area contributed by atoms with E-state index in [9.17, 15) is 4.79 Å². The number of urea groups is 1. The molecular formula is C12H13N5O. The number of rotatable bonds is 3. The molecule has 0 aliphatic heterocycles. The number of nitrogens with zero attached hydrogens (tertiary/aromatic N) is 3. The number of pyridine rings is 1. The first kappa shape index (κ1) is 12.0. The zero-order chi connectivity index (χ0) is 12.8. The zero-order valence-corrected chi connectivity index (χ0v) is 9.92. The smallest absolute Gasteiger partial charge is 0.320 e. The van der Waals surface area contributed by atoms with E-state index in [1.165, 1.54) is 0 Å². The first-order valence-electron chi connectivity index (χ1n) is 5.58. The molecule has 2 aromatic heterocycles. The van der Waals surface area contributed by atoms with Gasteiger partial charge in [-0.1, -0.05) is 0 Å². The minimum absolute atomic E-state index is 0.284. The van der Waals surface area contributed by atoms with Crippen molar-refractivity contribution in [1.29, 1.82) is 0 Å². The third kappa shape index (κ3) is 3.00. The Hall–Kier alpha value is -2.50. The van der Waals surface area contributed by atoms with Crippen LogP contribution in [0.2, 0.25) is 0 Å². The third-order valence-electron chi connectivity index (χ3n) is 2.15. The van der Waals surface area contributed by atoms with E-state index >= 15 is 0 Å². The molecule has 92 valence electrons. The van der Waals surface area contributed by atoms with Gasteiger partial charge < -0.3 is 5.32 Å². The molecule has 0 aliphatic carbocycles. The molecule has 6 nitrogen and oxygen atoms in total. The summed E-state index contributed by atoms with van der Waals surface area (Å²) in [5, 5.41) is 5.26. The van der Waals surface area contributed by atoms with E-state index in [2.05, 4.69) is 25.6 Å². The van der Waals surface area contributed by atoms with Gasteiger partial charge in [-0.25, -0.2) is 14.8 Å². The quantitative estimate of drug-likeness (QED) is 0.859. The maximum absolute atomic E-state index is 11.4. The summed E-state index contributed by atoms with van der Waals surface area (Å²) in [5.74, 6) is 0.979. The summed E-state index contributed by atoms with van der Waals surface area (Å²) in [6.07, 6.45) is 4.95. The summed E-state index contributed by atoms with van der Waals surface area (Å²) in [7, 11) is 0. The number of hydrogen-bond donors (Lipinski definition) is 2. The number of hydrogen-bond acceptors (Lipinski definition) is 4. The van der Waals surface area contributed by atoms with Crippen molar-refractivity contribution in [2.24, 2.45) is 0 Å². The number of amides is 2. The molecule has 2 rings (SSSR count). The highest BCUT2D eigenvalue weighted by atomic mass is 16.2. The number of carbonyl (C=O) groups excluding carboxylic acids is 1. The molecule has 18 heavy (non-hydrogen) atoms. The molecule has 6 heteroatoms. The maximum Gasteiger partial charge on any atom is 0.320 e. The van der Waals surface area contributed by atoms with Crippen LogP contribution in [0.1, 0.15) is 6.92 Å². The lowest BCUT2D eigenvalue weighted by Gasteiger charge is -2.06. The normalized spacial score (nSPS) is 9.83. The Morgan fingerprint density at radius 2 is 2.22 bits per heavy atom. The van der Waals surface area contributed by atoms with Gasteiger partial charge in [0.25, 0.3) is 0 Å². The molecule has 2 N–H and O–H groups in total. The van der Waals surface area contributed by atoms with E-state index in [1.807, 2.05) is 19.1 Å². The number of carbonyl (C=O) groups is 1. The Kier molecular flexibility index (Phi) is 3.80. The SMILES string of the molecule is CCNC(=O)Nc1ccnc(-c2cccnc2)n1. The molecule has 0 spiro atoms. The molecular weight excluding hydrogens is 230 g/mol. The van der Waals surface area contributed by atoms with Crippen molar-refractivity contribution in [3.63, 3.8) is 0 Å². The van der Waals surface area contributed by atoms with Crippen LogP contribution in [0.5, 0.6) is 0 Å². The molecule has 0 atom stereocenters. The van der Waals surface area contributed by atoms with Crippen LogP contribution in [0.25, 0.3) is 11.4 Å².